The van der Waals surface area contributed by atoms with E-state index in [-0.39, 0.29) is 18.2 Å². The van der Waals surface area contributed by atoms with E-state index in [1.54, 1.807) is 37.4 Å². The van der Waals surface area contributed by atoms with Crippen LogP contribution in [0.1, 0.15) is 17.5 Å². The number of fused-ring (bicyclic) bond motifs is 2. The van der Waals surface area contributed by atoms with Crippen LogP contribution in [0, 0.1) is 0 Å². The SMILES string of the molecule is CCOC(=O)c1oc2cnccc2c1Nc1ccc2c(O)ncnc2c1. The molecule has 0 aliphatic carbocycles. The summed E-state index contributed by atoms with van der Waals surface area (Å²) in [6.07, 6.45) is 4.43. The van der Waals surface area contributed by atoms with E-state index in [2.05, 4.69) is 20.3 Å². The molecule has 4 aromatic rings. The van der Waals surface area contributed by atoms with Crippen LogP contribution in [0.4, 0.5) is 11.4 Å². The number of nitrogens with zero attached hydrogens (tertiary/aromatic N) is 3. The molecule has 8 nitrogen and oxygen atoms in total. The lowest BCUT2D eigenvalue weighted by molar-refractivity contribution is 0.0494. The van der Waals surface area contributed by atoms with Crippen LogP contribution in [-0.2, 0) is 4.74 Å². The summed E-state index contributed by atoms with van der Waals surface area (Å²) < 4.78 is 10.7. The van der Waals surface area contributed by atoms with Gasteiger partial charge in [-0.2, -0.15) is 0 Å². The van der Waals surface area contributed by atoms with Crippen molar-refractivity contribution in [2.45, 2.75) is 6.92 Å². The topological polar surface area (TPSA) is 110 Å². The molecule has 130 valence electrons. The highest BCUT2D eigenvalue weighted by molar-refractivity contribution is 6.05. The largest absolute Gasteiger partial charge is 0.493 e. The Balaban J connectivity index is 1.81. The third-order valence-electron chi connectivity index (χ3n) is 3.84. The van der Waals surface area contributed by atoms with Crippen LogP contribution in [-0.4, -0.2) is 32.6 Å². The van der Waals surface area contributed by atoms with E-state index in [9.17, 15) is 9.90 Å². The fourth-order valence-electron chi connectivity index (χ4n) is 2.68. The highest BCUT2D eigenvalue weighted by atomic mass is 16.5. The number of benzene rings is 1. The van der Waals surface area contributed by atoms with Crippen LogP contribution < -0.4 is 5.32 Å². The lowest BCUT2D eigenvalue weighted by atomic mass is 10.2. The highest BCUT2D eigenvalue weighted by Crippen LogP contribution is 2.34. The minimum atomic E-state index is -0.563. The van der Waals surface area contributed by atoms with Gasteiger partial charge in [-0.1, -0.05) is 0 Å². The Bertz CT molecular complexity index is 1120. The van der Waals surface area contributed by atoms with Crippen LogP contribution >= 0.6 is 0 Å². The summed E-state index contributed by atoms with van der Waals surface area (Å²) >= 11 is 0. The number of hydrogen-bond donors (Lipinski definition) is 2. The summed E-state index contributed by atoms with van der Waals surface area (Å²) in [5.41, 5.74) is 2.19. The Morgan fingerprint density at radius 1 is 1.27 bits per heavy atom. The minimum absolute atomic E-state index is 0.0699. The van der Waals surface area contributed by atoms with Gasteiger partial charge in [0.15, 0.2) is 5.58 Å². The molecule has 4 rings (SSSR count). The van der Waals surface area contributed by atoms with E-state index in [1.165, 1.54) is 12.5 Å². The van der Waals surface area contributed by atoms with Crippen molar-refractivity contribution in [1.82, 2.24) is 15.0 Å². The number of nitrogens with one attached hydrogen (secondary N) is 1. The highest BCUT2D eigenvalue weighted by Gasteiger charge is 2.22. The second kappa shape index (κ2) is 6.32. The maximum absolute atomic E-state index is 12.3. The normalized spacial score (nSPS) is 11.0. The number of esters is 1. The number of carbonyl (C=O) groups is 1. The van der Waals surface area contributed by atoms with Crippen LogP contribution in [0.2, 0.25) is 0 Å². The van der Waals surface area contributed by atoms with E-state index >= 15 is 0 Å². The molecule has 26 heavy (non-hydrogen) atoms. The second-order valence-corrected chi connectivity index (χ2v) is 5.45. The molecule has 2 N–H and O–H groups in total. The number of ether oxygens (including phenoxy) is 1. The summed E-state index contributed by atoms with van der Waals surface area (Å²) in [4.78, 5) is 24.2. The van der Waals surface area contributed by atoms with Crippen molar-refractivity contribution in [3.63, 3.8) is 0 Å². The third kappa shape index (κ3) is 2.67. The lowest BCUT2D eigenvalue weighted by Crippen LogP contribution is -2.06. The number of pyridine rings is 1. The molecular weight excluding hydrogens is 336 g/mol. The van der Waals surface area contributed by atoms with Crippen LogP contribution in [0.3, 0.4) is 0 Å². The molecule has 1 aromatic carbocycles. The Morgan fingerprint density at radius 2 is 2.15 bits per heavy atom. The molecule has 0 radical (unpaired) electrons. The fraction of sp³-hybridized carbons (Fsp3) is 0.111. The van der Waals surface area contributed by atoms with E-state index in [0.29, 0.717) is 33.2 Å². The average molecular weight is 350 g/mol. The standard InChI is InChI=1S/C18H14N4O4/c1-2-25-18(24)16-15(12-5-6-19-8-14(12)26-16)22-10-3-4-11-13(7-10)20-9-21-17(11)23/h3-9,22H,2H2,1H3,(H,20,21,23). The van der Waals surface area contributed by atoms with Crippen molar-refractivity contribution in [1.29, 1.82) is 0 Å². The molecule has 0 saturated carbocycles. The van der Waals surface area contributed by atoms with E-state index < -0.39 is 5.97 Å². The van der Waals surface area contributed by atoms with Gasteiger partial charge in [0.05, 0.1) is 23.7 Å². The smallest absolute Gasteiger partial charge is 0.376 e. The molecule has 0 aliphatic rings. The zero-order valence-corrected chi connectivity index (χ0v) is 13.8. The molecule has 0 unspecified atom stereocenters. The van der Waals surface area contributed by atoms with Gasteiger partial charge in [-0.05, 0) is 31.2 Å². The zero-order chi connectivity index (χ0) is 18.1. The third-order valence-corrected chi connectivity index (χ3v) is 3.84. The molecule has 0 saturated heterocycles. The molecule has 3 aromatic heterocycles. The summed E-state index contributed by atoms with van der Waals surface area (Å²) in [5, 5.41) is 14.2. The Morgan fingerprint density at radius 3 is 3.00 bits per heavy atom. The van der Waals surface area contributed by atoms with Crippen LogP contribution in [0.5, 0.6) is 5.88 Å². The zero-order valence-electron chi connectivity index (χ0n) is 13.8. The van der Waals surface area contributed by atoms with Gasteiger partial charge >= 0.3 is 5.97 Å². The number of furan rings is 1. The number of hydrogen-bond acceptors (Lipinski definition) is 8. The van der Waals surface area contributed by atoms with Crippen molar-refractivity contribution in [2.75, 3.05) is 11.9 Å². The van der Waals surface area contributed by atoms with Crippen LogP contribution in [0.15, 0.2) is 47.4 Å². The van der Waals surface area contributed by atoms with Gasteiger partial charge in [-0.15, -0.1) is 0 Å². The fourth-order valence-corrected chi connectivity index (χ4v) is 2.68. The molecule has 0 bridgehead atoms. The van der Waals surface area contributed by atoms with E-state index in [4.69, 9.17) is 9.15 Å². The van der Waals surface area contributed by atoms with Crippen molar-refractivity contribution in [3.05, 3.63) is 48.7 Å². The van der Waals surface area contributed by atoms with Gasteiger partial charge in [0, 0.05) is 17.3 Å². The lowest BCUT2D eigenvalue weighted by Gasteiger charge is -2.08. The first-order valence-electron chi connectivity index (χ1n) is 7.91. The minimum Gasteiger partial charge on any atom is -0.493 e. The van der Waals surface area contributed by atoms with Crippen LogP contribution in [0.25, 0.3) is 21.9 Å². The number of rotatable bonds is 4. The van der Waals surface area contributed by atoms with Gasteiger partial charge in [-0.25, -0.2) is 14.8 Å². The second-order valence-electron chi connectivity index (χ2n) is 5.45. The number of aromatic hydroxyl groups is 1. The average Bonchev–Trinajstić information content (AvgIpc) is 3.01. The summed E-state index contributed by atoms with van der Waals surface area (Å²) in [7, 11) is 0. The number of aromatic nitrogens is 3. The first-order valence-corrected chi connectivity index (χ1v) is 7.91. The van der Waals surface area contributed by atoms with E-state index in [1.807, 2.05) is 0 Å². The quantitative estimate of drug-likeness (QED) is 0.539. The first-order chi connectivity index (χ1) is 12.7. The molecule has 3 heterocycles. The first kappa shape index (κ1) is 15.8. The van der Waals surface area contributed by atoms with Crippen molar-refractivity contribution < 1.29 is 19.1 Å². The molecule has 8 heteroatoms. The molecule has 0 amide bonds. The van der Waals surface area contributed by atoms with Gasteiger partial charge in [0.1, 0.15) is 12.0 Å². The summed E-state index contributed by atoms with van der Waals surface area (Å²) in [6, 6.07) is 6.94. The molecule has 0 aliphatic heterocycles. The Kier molecular flexibility index (Phi) is 3.85. The molecular formula is C18H14N4O4. The molecule has 0 spiro atoms. The molecule has 0 fully saturated rings. The predicted molar refractivity (Wildman–Crippen MR) is 94.5 cm³/mol. The predicted octanol–water partition coefficient (Wildman–Crippen LogP) is 3.40. The van der Waals surface area contributed by atoms with Gasteiger partial charge in [0.2, 0.25) is 11.6 Å². The van der Waals surface area contributed by atoms with Crippen molar-refractivity contribution >= 4 is 39.2 Å². The maximum atomic E-state index is 12.3. The Hall–Kier alpha value is -3.68. The number of anilines is 2. The molecule has 0 atom stereocenters. The summed E-state index contributed by atoms with van der Waals surface area (Å²) in [5.74, 6) is -0.582. The van der Waals surface area contributed by atoms with Gasteiger partial charge in [0.25, 0.3) is 0 Å². The van der Waals surface area contributed by atoms with E-state index in [0.717, 1.165) is 0 Å². The number of carbonyl (C=O) groups excluding carboxylic acids is 1. The summed E-state index contributed by atoms with van der Waals surface area (Å²) in [6.45, 7) is 1.96. The van der Waals surface area contributed by atoms with Gasteiger partial charge in [-0.3, -0.25) is 4.98 Å². The Labute approximate surface area is 147 Å². The maximum Gasteiger partial charge on any atom is 0.376 e. The van der Waals surface area contributed by atoms with Gasteiger partial charge < -0.3 is 19.6 Å². The monoisotopic (exact) mass is 350 g/mol. The van der Waals surface area contributed by atoms with Crippen molar-refractivity contribution in [2.24, 2.45) is 0 Å². The van der Waals surface area contributed by atoms with Crippen molar-refractivity contribution in [3.8, 4) is 5.88 Å².